The number of benzene rings is 2. The SMILES string of the molecule is O=C1CC[C@@H](CC(=O)N(c2cccc(F)c2)C(C(=O)NC2CCC(F)(F)CC2)c2ccccc2Cl)N1. The summed E-state index contributed by atoms with van der Waals surface area (Å²) in [5.74, 6) is -4.65. The van der Waals surface area contributed by atoms with Crippen LogP contribution in [0.3, 0.4) is 0 Å². The number of nitrogens with one attached hydrogen (secondary N) is 2. The van der Waals surface area contributed by atoms with Gasteiger partial charge in [-0.1, -0.05) is 35.9 Å². The van der Waals surface area contributed by atoms with Crippen LogP contribution < -0.4 is 15.5 Å². The summed E-state index contributed by atoms with van der Waals surface area (Å²) >= 11 is 6.45. The molecule has 2 aromatic carbocycles. The maximum Gasteiger partial charge on any atom is 0.248 e. The highest BCUT2D eigenvalue weighted by Gasteiger charge is 2.39. The first-order chi connectivity index (χ1) is 17.1. The van der Waals surface area contributed by atoms with Gasteiger partial charge >= 0.3 is 0 Å². The van der Waals surface area contributed by atoms with Crippen LogP contribution in [0.25, 0.3) is 0 Å². The van der Waals surface area contributed by atoms with Gasteiger partial charge in [-0.2, -0.15) is 0 Å². The average molecular weight is 522 g/mol. The molecule has 192 valence electrons. The summed E-state index contributed by atoms with van der Waals surface area (Å²) in [6, 6.07) is 9.59. The van der Waals surface area contributed by atoms with Gasteiger partial charge in [-0.25, -0.2) is 13.2 Å². The molecule has 1 aliphatic carbocycles. The van der Waals surface area contributed by atoms with Crippen LogP contribution in [-0.2, 0) is 14.4 Å². The molecule has 0 spiro atoms. The number of rotatable bonds is 7. The zero-order valence-corrected chi connectivity index (χ0v) is 20.2. The summed E-state index contributed by atoms with van der Waals surface area (Å²) in [5, 5.41) is 5.77. The molecule has 1 saturated heterocycles. The number of halogens is 4. The number of amides is 3. The molecule has 4 rings (SSSR count). The van der Waals surface area contributed by atoms with E-state index in [4.69, 9.17) is 11.6 Å². The molecule has 2 fully saturated rings. The van der Waals surface area contributed by atoms with Gasteiger partial charge in [-0.05, 0) is 43.5 Å². The van der Waals surface area contributed by atoms with E-state index in [0.29, 0.717) is 18.4 Å². The third-order valence-electron chi connectivity index (χ3n) is 6.63. The largest absolute Gasteiger partial charge is 0.353 e. The van der Waals surface area contributed by atoms with Crippen LogP contribution in [0.5, 0.6) is 0 Å². The van der Waals surface area contributed by atoms with Crippen molar-refractivity contribution in [2.75, 3.05) is 4.90 Å². The first-order valence-electron chi connectivity index (χ1n) is 11.9. The number of carbonyl (C=O) groups excluding carboxylic acids is 3. The van der Waals surface area contributed by atoms with Crippen molar-refractivity contribution in [3.05, 3.63) is 64.9 Å². The molecular formula is C26H27ClF3N3O3. The van der Waals surface area contributed by atoms with Gasteiger partial charge in [0.15, 0.2) is 0 Å². The fraction of sp³-hybridized carbons (Fsp3) is 0.423. The lowest BCUT2D eigenvalue weighted by molar-refractivity contribution is -0.128. The lowest BCUT2D eigenvalue weighted by Gasteiger charge is -2.35. The highest BCUT2D eigenvalue weighted by Crippen LogP contribution is 2.36. The molecular weight excluding hydrogens is 495 g/mol. The molecule has 1 saturated carbocycles. The summed E-state index contributed by atoms with van der Waals surface area (Å²) < 4.78 is 41.6. The summed E-state index contributed by atoms with van der Waals surface area (Å²) in [4.78, 5) is 40.2. The quantitative estimate of drug-likeness (QED) is 0.543. The molecule has 10 heteroatoms. The first kappa shape index (κ1) is 26.0. The Bertz CT molecular complexity index is 1140. The van der Waals surface area contributed by atoms with Crippen LogP contribution in [0.1, 0.15) is 56.6 Å². The van der Waals surface area contributed by atoms with Gasteiger partial charge in [-0.15, -0.1) is 0 Å². The number of hydrogen-bond acceptors (Lipinski definition) is 3. The second kappa shape index (κ2) is 10.9. The first-order valence-corrected chi connectivity index (χ1v) is 12.3. The topological polar surface area (TPSA) is 78.5 Å². The second-order valence-electron chi connectivity index (χ2n) is 9.31. The van der Waals surface area contributed by atoms with E-state index in [1.54, 1.807) is 24.3 Å². The van der Waals surface area contributed by atoms with E-state index in [9.17, 15) is 27.6 Å². The molecule has 6 nitrogen and oxygen atoms in total. The van der Waals surface area contributed by atoms with Crippen LogP contribution >= 0.6 is 11.6 Å². The van der Waals surface area contributed by atoms with E-state index in [1.165, 1.54) is 23.1 Å². The van der Waals surface area contributed by atoms with Crippen LogP contribution in [0.2, 0.25) is 5.02 Å². The predicted octanol–water partition coefficient (Wildman–Crippen LogP) is 4.92. The highest BCUT2D eigenvalue weighted by atomic mass is 35.5. The highest BCUT2D eigenvalue weighted by molar-refractivity contribution is 6.31. The van der Waals surface area contributed by atoms with Crippen molar-refractivity contribution in [1.82, 2.24) is 10.6 Å². The van der Waals surface area contributed by atoms with E-state index in [-0.39, 0.29) is 48.7 Å². The van der Waals surface area contributed by atoms with Gasteiger partial charge < -0.3 is 10.6 Å². The molecule has 1 aliphatic heterocycles. The number of hydrogen-bond donors (Lipinski definition) is 2. The van der Waals surface area contributed by atoms with Crippen molar-refractivity contribution in [3.8, 4) is 0 Å². The molecule has 1 heterocycles. The van der Waals surface area contributed by atoms with Crippen LogP contribution in [0.4, 0.5) is 18.9 Å². The Morgan fingerprint density at radius 1 is 1.11 bits per heavy atom. The monoisotopic (exact) mass is 521 g/mol. The number of nitrogens with zero attached hydrogens (tertiary/aromatic N) is 1. The smallest absolute Gasteiger partial charge is 0.248 e. The number of anilines is 1. The Hall–Kier alpha value is -3.07. The van der Waals surface area contributed by atoms with Crippen molar-refractivity contribution in [2.45, 2.75) is 69.0 Å². The molecule has 2 aromatic rings. The van der Waals surface area contributed by atoms with Crippen molar-refractivity contribution >= 4 is 35.0 Å². The summed E-state index contributed by atoms with van der Waals surface area (Å²) in [6.45, 7) is 0. The zero-order valence-electron chi connectivity index (χ0n) is 19.5. The maximum atomic E-state index is 14.2. The van der Waals surface area contributed by atoms with Gasteiger partial charge in [-0.3, -0.25) is 19.3 Å². The Kier molecular flexibility index (Phi) is 7.88. The van der Waals surface area contributed by atoms with Gasteiger partial charge in [0.2, 0.25) is 23.6 Å². The maximum absolute atomic E-state index is 14.2. The molecule has 36 heavy (non-hydrogen) atoms. The number of alkyl halides is 2. The Morgan fingerprint density at radius 2 is 1.83 bits per heavy atom. The second-order valence-corrected chi connectivity index (χ2v) is 9.72. The van der Waals surface area contributed by atoms with Gasteiger partial charge in [0.05, 0.1) is 0 Å². The standard InChI is InChI=1S/C26H27ClF3N3O3/c27-21-7-2-1-6-20(21)24(25(36)32-17-10-12-26(29,30)13-11-17)33(19-5-3-4-16(28)14-19)23(35)15-18-8-9-22(34)31-18/h1-7,14,17-18,24H,8-13,15H2,(H,31,34)(H,32,36)/t18-,24?/m0/s1. The molecule has 1 unspecified atom stereocenters. The predicted molar refractivity (Wildman–Crippen MR) is 129 cm³/mol. The van der Waals surface area contributed by atoms with Gasteiger partial charge in [0.1, 0.15) is 11.9 Å². The van der Waals surface area contributed by atoms with Crippen molar-refractivity contribution in [3.63, 3.8) is 0 Å². The molecule has 0 bridgehead atoms. The third-order valence-corrected chi connectivity index (χ3v) is 6.98. The van der Waals surface area contributed by atoms with Crippen LogP contribution in [-0.4, -0.2) is 35.7 Å². The van der Waals surface area contributed by atoms with Gasteiger partial charge in [0.25, 0.3) is 0 Å². The normalized spacial score (nSPS) is 20.4. The Balaban J connectivity index is 1.70. The molecule has 2 N–H and O–H groups in total. The fourth-order valence-corrected chi connectivity index (χ4v) is 5.00. The third kappa shape index (κ3) is 6.19. The van der Waals surface area contributed by atoms with E-state index in [2.05, 4.69) is 10.6 Å². The molecule has 2 atom stereocenters. The molecule has 0 aromatic heterocycles. The van der Waals surface area contributed by atoms with E-state index >= 15 is 0 Å². The van der Waals surface area contributed by atoms with Crippen molar-refractivity contribution < 1.29 is 27.6 Å². The van der Waals surface area contributed by atoms with Gasteiger partial charge in [0, 0.05) is 54.0 Å². The van der Waals surface area contributed by atoms with E-state index < -0.39 is 41.7 Å². The summed E-state index contributed by atoms with van der Waals surface area (Å²) in [7, 11) is 0. The minimum atomic E-state index is -2.77. The number of carbonyl (C=O) groups is 3. The average Bonchev–Trinajstić information content (AvgIpc) is 3.23. The molecule has 2 aliphatic rings. The van der Waals surface area contributed by atoms with Crippen LogP contribution in [0.15, 0.2) is 48.5 Å². The lowest BCUT2D eigenvalue weighted by Crippen LogP contribution is -2.49. The lowest BCUT2D eigenvalue weighted by atomic mass is 9.91. The van der Waals surface area contributed by atoms with E-state index in [0.717, 1.165) is 6.07 Å². The van der Waals surface area contributed by atoms with Crippen molar-refractivity contribution in [2.24, 2.45) is 0 Å². The van der Waals surface area contributed by atoms with Crippen LogP contribution in [0, 0.1) is 5.82 Å². The molecule has 3 amide bonds. The molecule has 0 radical (unpaired) electrons. The van der Waals surface area contributed by atoms with E-state index in [1.807, 2.05) is 0 Å². The van der Waals surface area contributed by atoms with Crippen molar-refractivity contribution in [1.29, 1.82) is 0 Å². The minimum absolute atomic E-state index is 0.0933. The minimum Gasteiger partial charge on any atom is -0.353 e. The summed E-state index contributed by atoms with van der Waals surface area (Å²) in [5.41, 5.74) is 0.449. The Labute approximate surface area is 212 Å². The Morgan fingerprint density at radius 3 is 2.47 bits per heavy atom. The summed E-state index contributed by atoms with van der Waals surface area (Å²) in [6.07, 6.45) is 0.142. The fourth-order valence-electron chi connectivity index (χ4n) is 4.76. The zero-order chi connectivity index (χ0) is 25.9.